The molecule has 0 aliphatic carbocycles. The van der Waals surface area contributed by atoms with Crippen LogP contribution >= 0.6 is 0 Å². The molecule has 0 amide bonds. The van der Waals surface area contributed by atoms with Crippen LogP contribution in [0.25, 0.3) is 0 Å². The second kappa shape index (κ2) is 7.87. The maximum Gasteiger partial charge on any atom is 0.214 e. The molecule has 6 heteroatoms. The van der Waals surface area contributed by atoms with E-state index in [9.17, 15) is 5.11 Å². The Labute approximate surface area is 181 Å². The van der Waals surface area contributed by atoms with Gasteiger partial charge in [-0.3, -0.25) is 0 Å². The fourth-order valence-corrected chi connectivity index (χ4v) is 4.24. The zero-order valence-corrected chi connectivity index (χ0v) is 17.5. The maximum absolute atomic E-state index is 10.4. The van der Waals surface area contributed by atoms with Crippen molar-refractivity contribution in [1.29, 1.82) is 0 Å². The lowest BCUT2D eigenvalue weighted by molar-refractivity contribution is -0.0209. The lowest BCUT2D eigenvalue weighted by Crippen LogP contribution is -2.33. The second-order valence-electron chi connectivity index (χ2n) is 7.51. The lowest BCUT2D eigenvalue weighted by Gasteiger charge is -2.38. The fourth-order valence-electron chi connectivity index (χ4n) is 4.24. The molecule has 0 saturated carbocycles. The average molecular weight is 416 g/mol. The first-order valence-electron chi connectivity index (χ1n) is 10.4. The highest BCUT2D eigenvalue weighted by molar-refractivity contribution is 6.04. The summed E-state index contributed by atoms with van der Waals surface area (Å²) in [5.41, 5.74) is 3.56. The monoisotopic (exact) mass is 416 g/mol. The molecule has 6 nitrogen and oxygen atoms in total. The Balaban J connectivity index is 1.59. The summed E-state index contributed by atoms with van der Waals surface area (Å²) in [4.78, 5) is 0. The molecule has 2 atom stereocenters. The van der Waals surface area contributed by atoms with E-state index >= 15 is 0 Å². The molecule has 0 spiro atoms. The van der Waals surface area contributed by atoms with Gasteiger partial charge in [-0.15, -0.1) is 0 Å². The van der Waals surface area contributed by atoms with Crippen LogP contribution in [-0.4, -0.2) is 29.5 Å². The van der Waals surface area contributed by atoms with Gasteiger partial charge in [0, 0.05) is 23.1 Å². The van der Waals surface area contributed by atoms with Crippen LogP contribution in [0.3, 0.4) is 0 Å². The molecule has 3 aromatic carbocycles. The molecular formula is C25H24N2O4. The van der Waals surface area contributed by atoms with Crippen LogP contribution in [0.2, 0.25) is 0 Å². The molecule has 0 bridgehead atoms. The number of phenols is 1. The van der Waals surface area contributed by atoms with Crippen LogP contribution < -0.4 is 14.2 Å². The summed E-state index contributed by atoms with van der Waals surface area (Å²) in [5.74, 6) is 2.48. The van der Waals surface area contributed by atoms with Crippen molar-refractivity contribution in [1.82, 2.24) is 5.01 Å². The Morgan fingerprint density at radius 3 is 2.61 bits per heavy atom. The normalized spacial score (nSPS) is 19.2. The molecule has 2 aliphatic heterocycles. The Hall–Kier alpha value is -3.67. The van der Waals surface area contributed by atoms with Gasteiger partial charge in [-0.1, -0.05) is 24.3 Å². The van der Waals surface area contributed by atoms with Crippen LogP contribution in [0, 0.1) is 0 Å². The number of nitrogens with zero attached hydrogens (tertiary/aromatic N) is 2. The van der Waals surface area contributed by atoms with Gasteiger partial charge >= 0.3 is 0 Å². The smallest absolute Gasteiger partial charge is 0.214 e. The van der Waals surface area contributed by atoms with Gasteiger partial charge in [0.2, 0.25) is 6.23 Å². The number of hydrogen-bond acceptors (Lipinski definition) is 6. The molecule has 0 unspecified atom stereocenters. The van der Waals surface area contributed by atoms with Crippen molar-refractivity contribution in [3.8, 4) is 23.0 Å². The van der Waals surface area contributed by atoms with Crippen LogP contribution in [0.1, 0.15) is 42.3 Å². The Kier molecular flexibility index (Phi) is 4.90. The summed E-state index contributed by atoms with van der Waals surface area (Å²) in [7, 11) is 1.65. The second-order valence-corrected chi connectivity index (χ2v) is 7.51. The number of methoxy groups -OCH3 is 1. The van der Waals surface area contributed by atoms with Gasteiger partial charge < -0.3 is 19.3 Å². The van der Waals surface area contributed by atoms with Crippen molar-refractivity contribution in [2.24, 2.45) is 5.10 Å². The van der Waals surface area contributed by atoms with Gasteiger partial charge in [-0.05, 0) is 49.4 Å². The molecule has 0 aromatic heterocycles. The van der Waals surface area contributed by atoms with E-state index in [4.69, 9.17) is 19.3 Å². The molecule has 1 N–H and O–H groups in total. The quantitative estimate of drug-likeness (QED) is 0.631. The summed E-state index contributed by atoms with van der Waals surface area (Å²) in [6.45, 7) is 2.58. The average Bonchev–Trinajstić information content (AvgIpc) is 3.25. The standard InChI is InChI=1S/C25H24N2O4/c1-3-30-17-13-11-16(12-14-17)25-27-21(19-8-6-10-23(29-2)24(19)31-25)15-20(26-27)18-7-4-5-9-22(18)28/h4-14,21,25,28H,3,15H2,1-2H3/t21-,25+/m0/s1. The molecular weight excluding hydrogens is 392 g/mol. The predicted molar refractivity (Wildman–Crippen MR) is 118 cm³/mol. The number of aromatic hydroxyl groups is 1. The van der Waals surface area contributed by atoms with Gasteiger partial charge in [0.25, 0.3) is 0 Å². The SMILES string of the molecule is CCOc1ccc([C@H]2Oc3c(OC)cccc3[C@@H]3CC(c4ccccc4O)=NN23)cc1. The third kappa shape index (κ3) is 3.34. The van der Waals surface area contributed by atoms with Crippen LogP contribution in [0.5, 0.6) is 23.0 Å². The first-order valence-corrected chi connectivity index (χ1v) is 10.4. The molecule has 0 fully saturated rings. The minimum atomic E-state index is -0.423. The number of hydrazone groups is 1. The highest BCUT2D eigenvalue weighted by atomic mass is 16.5. The molecule has 0 radical (unpaired) electrons. The van der Waals surface area contributed by atoms with Crippen molar-refractivity contribution in [2.45, 2.75) is 25.6 Å². The lowest BCUT2D eigenvalue weighted by atomic mass is 9.95. The largest absolute Gasteiger partial charge is 0.507 e. The van der Waals surface area contributed by atoms with E-state index < -0.39 is 6.23 Å². The fraction of sp³-hybridized carbons (Fsp3) is 0.240. The third-order valence-electron chi connectivity index (χ3n) is 5.69. The molecule has 0 saturated heterocycles. The highest BCUT2D eigenvalue weighted by Gasteiger charge is 2.42. The molecule has 3 aromatic rings. The molecule has 2 aliphatic rings. The number of phenolic OH excluding ortho intramolecular Hbond substituents is 1. The number of ether oxygens (including phenoxy) is 3. The van der Waals surface area contributed by atoms with E-state index in [1.165, 1.54) is 0 Å². The van der Waals surface area contributed by atoms with Gasteiger partial charge in [0.1, 0.15) is 11.5 Å². The summed E-state index contributed by atoms with van der Waals surface area (Å²) in [5, 5.41) is 17.3. The van der Waals surface area contributed by atoms with E-state index in [1.807, 2.05) is 72.6 Å². The van der Waals surface area contributed by atoms with Crippen molar-refractivity contribution in [3.05, 3.63) is 83.4 Å². The first kappa shape index (κ1) is 19.3. The molecule has 5 rings (SSSR count). The number of benzene rings is 3. The third-order valence-corrected chi connectivity index (χ3v) is 5.69. The van der Waals surface area contributed by atoms with Crippen LogP contribution in [0.4, 0.5) is 0 Å². The topological polar surface area (TPSA) is 63.5 Å². The molecule has 158 valence electrons. The van der Waals surface area contributed by atoms with Gasteiger partial charge in [0.05, 0.1) is 25.5 Å². The summed E-state index contributed by atoms with van der Waals surface area (Å²) < 4.78 is 17.6. The van der Waals surface area contributed by atoms with Crippen molar-refractivity contribution >= 4 is 5.71 Å². The summed E-state index contributed by atoms with van der Waals surface area (Å²) in [6.07, 6.45) is 0.238. The van der Waals surface area contributed by atoms with E-state index in [2.05, 4.69) is 0 Å². The Morgan fingerprint density at radius 1 is 1.06 bits per heavy atom. The maximum atomic E-state index is 10.4. The van der Waals surface area contributed by atoms with Crippen molar-refractivity contribution < 1.29 is 19.3 Å². The van der Waals surface area contributed by atoms with E-state index in [0.29, 0.717) is 18.8 Å². The van der Waals surface area contributed by atoms with Gasteiger partial charge in [-0.25, -0.2) is 5.01 Å². The zero-order chi connectivity index (χ0) is 21.4. The van der Waals surface area contributed by atoms with Crippen molar-refractivity contribution in [2.75, 3.05) is 13.7 Å². The summed E-state index contributed by atoms with van der Waals surface area (Å²) in [6, 6.07) is 21.1. The van der Waals surface area contributed by atoms with Crippen LogP contribution in [0.15, 0.2) is 71.8 Å². The number of hydrogen-bond donors (Lipinski definition) is 1. The zero-order valence-electron chi connectivity index (χ0n) is 17.5. The minimum Gasteiger partial charge on any atom is -0.507 e. The van der Waals surface area contributed by atoms with Crippen LogP contribution in [-0.2, 0) is 0 Å². The first-order chi connectivity index (χ1) is 15.2. The van der Waals surface area contributed by atoms with E-state index in [1.54, 1.807) is 13.2 Å². The van der Waals surface area contributed by atoms with Gasteiger partial charge in [-0.2, -0.15) is 5.10 Å². The minimum absolute atomic E-state index is 0.0231. The van der Waals surface area contributed by atoms with E-state index in [0.717, 1.165) is 33.9 Å². The molecule has 31 heavy (non-hydrogen) atoms. The van der Waals surface area contributed by atoms with E-state index in [-0.39, 0.29) is 11.8 Å². The number of rotatable bonds is 5. The summed E-state index contributed by atoms with van der Waals surface area (Å²) >= 11 is 0. The van der Waals surface area contributed by atoms with Gasteiger partial charge in [0.15, 0.2) is 11.5 Å². The predicted octanol–water partition coefficient (Wildman–Crippen LogP) is 5.04. The number of fused-ring (bicyclic) bond motifs is 3. The Bertz CT molecular complexity index is 1130. The highest BCUT2D eigenvalue weighted by Crippen LogP contribution is 2.51. The number of para-hydroxylation sites is 2. The molecule has 2 heterocycles. The van der Waals surface area contributed by atoms with Crippen molar-refractivity contribution in [3.63, 3.8) is 0 Å². The Morgan fingerprint density at radius 2 is 1.87 bits per heavy atom.